The number of carboxylic acid groups (broad SMARTS) is 4. The first-order chi connectivity index (χ1) is 39.8. The van der Waals surface area contributed by atoms with Crippen LogP contribution in [0.4, 0.5) is 0 Å². The maximum atomic E-state index is 13.4. The van der Waals surface area contributed by atoms with Crippen LogP contribution in [0.5, 0.6) is 0 Å². The van der Waals surface area contributed by atoms with Gasteiger partial charge >= 0.3 is 23.9 Å². The number of aliphatic carboxylic acids is 4. The largest absolute Gasteiger partial charge is 0.481 e. The Labute approximate surface area is 495 Å². The van der Waals surface area contributed by atoms with Crippen molar-refractivity contribution >= 4 is 116 Å². The number of rotatable bonds is 29. The summed E-state index contributed by atoms with van der Waals surface area (Å²) < 4.78 is 0. The van der Waals surface area contributed by atoms with Crippen LogP contribution in [-0.2, 0) is 60.8 Å². The van der Waals surface area contributed by atoms with Gasteiger partial charge in [0.15, 0.2) is 0 Å². The summed E-state index contributed by atoms with van der Waals surface area (Å²) in [7, 11) is 0. The molecule has 24 nitrogen and oxygen atoms in total. The summed E-state index contributed by atoms with van der Waals surface area (Å²) in [6.07, 6.45) is -1.99. The maximum Gasteiger partial charge on any atom is 0.326 e. The molecule has 0 aliphatic carbocycles. The van der Waals surface area contributed by atoms with Crippen LogP contribution in [0.3, 0.4) is 0 Å². The minimum absolute atomic E-state index is 0.0883. The van der Waals surface area contributed by atoms with Gasteiger partial charge in [-0.2, -0.15) is 0 Å². The molecule has 2 aromatic carbocycles. The van der Waals surface area contributed by atoms with Gasteiger partial charge in [-0.25, -0.2) is 9.59 Å². The lowest BCUT2D eigenvalue weighted by molar-refractivity contribution is -0.147. The fourth-order valence-corrected chi connectivity index (χ4v) is 12.0. The van der Waals surface area contributed by atoms with E-state index in [1.165, 1.54) is 73.0 Å². The molecule has 12 N–H and O–H groups in total. The molecule has 0 saturated carbocycles. The van der Waals surface area contributed by atoms with Gasteiger partial charge < -0.3 is 63.0 Å². The lowest BCUT2D eigenvalue weighted by Gasteiger charge is -2.23. The van der Waals surface area contributed by atoms with E-state index in [9.17, 15) is 67.7 Å². The molecule has 0 fully saturated rings. The number of carbonyl (C=O) groups is 12. The molecule has 28 heteroatoms. The van der Waals surface area contributed by atoms with Crippen molar-refractivity contribution in [3.8, 4) is 29.3 Å². The number of hydrogen-bond acceptors (Lipinski definition) is 16. The van der Waals surface area contributed by atoms with E-state index in [1.54, 1.807) is 84.9 Å². The summed E-state index contributed by atoms with van der Waals surface area (Å²) in [6.45, 7) is 5.54. The molecule has 0 saturated heterocycles. The zero-order valence-corrected chi connectivity index (χ0v) is 48.4. The molecule has 6 rings (SSSR count). The predicted octanol–water partition coefficient (Wildman–Crippen LogP) is 3.72. The summed E-state index contributed by atoms with van der Waals surface area (Å²) in [6, 6.07) is 20.5. The second-order valence-corrected chi connectivity index (χ2v) is 23.3. The highest BCUT2D eigenvalue weighted by Crippen LogP contribution is 2.43. The molecular weight excluding hydrogens is 1170 g/mol. The van der Waals surface area contributed by atoms with Crippen LogP contribution in [0.1, 0.15) is 71.0 Å². The molecule has 4 heterocycles. The van der Waals surface area contributed by atoms with Crippen molar-refractivity contribution in [3.05, 3.63) is 130 Å². The van der Waals surface area contributed by atoms with Crippen molar-refractivity contribution < 1.29 is 78.0 Å². The third kappa shape index (κ3) is 18.4. The van der Waals surface area contributed by atoms with E-state index in [4.69, 9.17) is 10.2 Å². The number of carboxylic acids is 4. The number of carbonyl (C=O) groups excluding carboxylic acids is 8. The van der Waals surface area contributed by atoms with Gasteiger partial charge in [-0.1, -0.05) is 60.7 Å². The van der Waals surface area contributed by atoms with Gasteiger partial charge in [0, 0.05) is 42.1 Å². The van der Waals surface area contributed by atoms with Crippen molar-refractivity contribution in [2.75, 3.05) is 0 Å². The topological polar surface area (TPSA) is 382 Å². The van der Waals surface area contributed by atoms with Crippen molar-refractivity contribution in [1.29, 1.82) is 0 Å². The summed E-state index contributed by atoms with van der Waals surface area (Å²) in [4.78, 5) is 158. The number of benzene rings is 2. The SMILES string of the molecule is C[C@H](NC(=O)c1ccc(-c2ccc(-c3ccc(-c4ccc(C(=O)N[C@H](C)C(=O)N[C@H](C)C(=O)NC(Cc5ccccc5)C(=O)N[C@H](CC(=O)O)C(=O)O)s4)s3)s2)s1)C(=O)N[C@@H](C)C(=O)N[C@@H](Cc1ccccc1)C(=O)N[C@@H](CC(=O)O)C(=O)O. The smallest absolute Gasteiger partial charge is 0.326 e. The van der Waals surface area contributed by atoms with Crippen LogP contribution in [0.15, 0.2) is 109 Å². The van der Waals surface area contributed by atoms with Crippen LogP contribution < -0.4 is 42.5 Å². The minimum atomic E-state index is -1.77. The number of hydrogen-bond donors (Lipinski definition) is 12. The predicted molar refractivity (Wildman–Crippen MR) is 311 cm³/mol. The lowest BCUT2D eigenvalue weighted by Crippen LogP contribution is -2.57. The highest BCUT2D eigenvalue weighted by Gasteiger charge is 2.33. The molecule has 8 amide bonds. The highest BCUT2D eigenvalue weighted by molar-refractivity contribution is 7.29. The van der Waals surface area contributed by atoms with Crippen molar-refractivity contribution in [2.45, 2.75) is 102 Å². The second-order valence-electron chi connectivity index (χ2n) is 19.0. The van der Waals surface area contributed by atoms with E-state index in [1.807, 2.05) is 24.3 Å². The Morgan fingerprint density at radius 1 is 0.333 bits per heavy atom. The quantitative estimate of drug-likeness (QED) is 0.0318. The van der Waals surface area contributed by atoms with Crippen LogP contribution in [0, 0.1) is 0 Å². The van der Waals surface area contributed by atoms with E-state index >= 15 is 0 Å². The van der Waals surface area contributed by atoms with Gasteiger partial charge in [-0.15, -0.1) is 45.3 Å². The average Bonchev–Trinajstić information content (AvgIpc) is 4.51. The fourth-order valence-electron chi connectivity index (χ4n) is 7.87. The molecule has 8 atom stereocenters. The Hall–Kier alpha value is -9.12. The van der Waals surface area contributed by atoms with E-state index in [0.29, 0.717) is 20.9 Å². The van der Waals surface area contributed by atoms with Gasteiger partial charge in [-0.3, -0.25) is 47.9 Å². The Balaban J connectivity index is 0.987. The van der Waals surface area contributed by atoms with Crippen LogP contribution in [-0.4, -0.2) is 140 Å². The first-order valence-corrected chi connectivity index (χ1v) is 28.9. The standard InChI is InChI=1S/C56H58N8O16S4/c1-27(47(69)57-29(3)49(71)61-33(23-31-11-7-5-8-12-31)51(73)63-35(55(77)78)25-45(65)66)59-53(75)43-21-19-41(83-43)39-17-15-37(81-39)38-16-18-40(82-38)42-20-22-44(84-42)54(76)60-28(2)48(70)58-30(4)50(72)62-34(24-32-13-9-6-10-14-32)52(74)64-36(56(79)80)26-46(67)68/h5-22,27-30,33-36H,23-26H2,1-4H3,(H,57,69)(H,58,70)(H,59,75)(H,60,76)(H,61,71)(H,62,72)(H,63,73)(H,64,74)(H,65,66)(H,67,68)(H,77,78)(H,79,80)/t27-,28+,29-,30+,33-,34?,35-,36+/m0/s1. The molecule has 0 radical (unpaired) electrons. The number of thiophene rings is 4. The molecule has 6 aromatic rings. The zero-order valence-electron chi connectivity index (χ0n) is 45.2. The second kappa shape index (κ2) is 29.7. The first kappa shape index (κ1) is 64.1. The number of amides is 8. The zero-order chi connectivity index (χ0) is 61.4. The summed E-state index contributed by atoms with van der Waals surface area (Å²) >= 11 is 5.35. The summed E-state index contributed by atoms with van der Waals surface area (Å²) in [5.41, 5.74) is 1.20. The molecule has 84 heavy (non-hydrogen) atoms. The van der Waals surface area contributed by atoms with E-state index in [2.05, 4.69) is 42.5 Å². The molecule has 442 valence electrons. The minimum Gasteiger partial charge on any atom is -0.481 e. The van der Waals surface area contributed by atoms with Crippen LogP contribution in [0.2, 0.25) is 0 Å². The van der Waals surface area contributed by atoms with Crippen LogP contribution >= 0.6 is 45.3 Å². The highest BCUT2D eigenvalue weighted by atomic mass is 32.1. The van der Waals surface area contributed by atoms with Gasteiger partial charge in [0.2, 0.25) is 35.4 Å². The Morgan fingerprint density at radius 3 is 0.917 bits per heavy atom. The van der Waals surface area contributed by atoms with E-state index in [0.717, 1.165) is 29.3 Å². The van der Waals surface area contributed by atoms with Crippen molar-refractivity contribution in [2.24, 2.45) is 0 Å². The first-order valence-electron chi connectivity index (χ1n) is 25.7. The monoisotopic (exact) mass is 1230 g/mol. The molecule has 4 aromatic heterocycles. The van der Waals surface area contributed by atoms with Crippen LogP contribution in [0.25, 0.3) is 29.3 Å². The third-order valence-corrected chi connectivity index (χ3v) is 17.3. The fraction of sp³-hybridized carbons (Fsp3) is 0.286. The molecule has 0 bridgehead atoms. The molecule has 0 aliphatic heterocycles. The van der Waals surface area contributed by atoms with Gasteiger partial charge in [0.05, 0.1) is 22.6 Å². The van der Waals surface area contributed by atoms with Crippen molar-refractivity contribution in [1.82, 2.24) is 42.5 Å². The molecule has 1 unspecified atom stereocenters. The van der Waals surface area contributed by atoms with E-state index < -0.39 is 132 Å². The average molecular weight is 1230 g/mol. The number of nitrogens with one attached hydrogen (secondary N) is 8. The molecule has 0 aliphatic rings. The third-order valence-electron chi connectivity index (χ3n) is 12.4. The Kier molecular flexibility index (Phi) is 22.7. The lowest BCUT2D eigenvalue weighted by atomic mass is 10.0. The molecular formula is C56H58N8O16S4. The Bertz CT molecular complexity index is 3190. The van der Waals surface area contributed by atoms with Crippen molar-refractivity contribution in [3.63, 3.8) is 0 Å². The maximum absolute atomic E-state index is 13.4. The van der Waals surface area contributed by atoms with Gasteiger partial charge in [0.25, 0.3) is 11.8 Å². The van der Waals surface area contributed by atoms with E-state index in [-0.39, 0.29) is 12.8 Å². The van der Waals surface area contributed by atoms with Gasteiger partial charge in [0.1, 0.15) is 48.3 Å². The normalized spacial score (nSPS) is 13.8. The Morgan fingerprint density at radius 2 is 0.607 bits per heavy atom. The summed E-state index contributed by atoms with van der Waals surface area (Å²) in [5, 5.41) is 56.7. The summed E-state index contributed by atoms with van der Waals surface area (Å²) in [5.74, 6) is -12.2. The molecule has 0 spiro atoms. The van der Waals surface area contributed by atoms with Gasteiger partial charge in [-0.05, 0) is 87.4 Å².